The van der Waals surface area contributed by atoms with Gasteiger partial charge in [0.05, 0.1) is 32.0 Å². The molecule has 1 amide bonds. The molecule has 0 aromatic rings. The van der Waals surface area contributed by atoms with E-state index in [1.807, 2.05) is 6.08 Å². The highest BCUT2D eigenvalue weighted by Crippen LogP contribution is 2.23. The highest BCUT2D eigenvalue weighted by Gasteiger charge is 2.44. The number of amides is 1. The van der Waals surface area contributed by atoms with E-state index in [2.05, 4.69) is 55.6 Å². The van der Waals surface area contributed by atoms with Gasteiger partial charge < -0.3 is 45.1 Å². The summed E-state index contributed by atoms with van der Waals surface area (Å²) in [7, 11) is 0. The second-order valence-corrected chi connectivity index (χ2v) is 20.7. The van der Waals surface area contributed by atoms with Gasteiger partial charge in [0.15, 0.2) is 6.29 Å². The predicted molar refractivity (Wildman–Crippen MR) is 297 cm³/mol. The Morgan fingerprint density at radius 1 is 0.514 bits per heavy atom. The molecule has 6 N–H and O–H groups in total. The first-order valence-electron chi connectivity index (χ1n) is 29.9. The van der Waals surface area contributed by atoms with Crippen molar-refractivity contribution >= 4 is 11.9 Å². The number of hydrogen-bond donors (Lipinski definition) is 6. The zero-order valence-corrected chi connectivity index (χ0v) is 46.1. The molecule has 420 valence electrons. The fraction of sp³-hybridized carbons (Fsp3) is 0.836. The SMILES string of the molecule is CCCCCCCCC/C=C\CCCCCCCC(=O)OCCCCC/C=C\C=C/CCCCCCCCCCCCC(=O)NC(COC1OC(CO)C(O)C(O)C1O)C(O)/C=C/CCCCCCCCC. The van der Waals surface area contributed by atoms with Crippen LogP contribution in [0.1, 0.15) is 264 Å². The second kappa shape index (κ2) is 50.8. The molecule has 7 unspecified atom stereocenters. The Balaban J connectivity index is 2.05. The van der Waals surface area contributed by atoms with Crippen LogP contribution in [0.3, 0.4) is 0 Å². The van der Waals surface area contributed by atoms with E-state index in [-0.39, 0.29) is 18.5 Å². The smallest absolute Gasteiger partial charge is 0.305 e. The lowest BCUT2D eigenvalue weighted by molar-refractivity contribution is -0.302. The number of carbonyl (C=O) groups is 2. The maximum absolute atomic E-state index is 13.0. The van der Waals surface area contributed by atoms with Crippen molar-refractivity contribution in [2.24, 2.45) is 0 Å². The summed E-state index contributed by atoms with van der Waals surface area (Å²) >= 11 is 0. The molecule has 0 aliphatic carbocycles. The first-order valence-corrected chi connectivity index (χ1v) is 29.9. The zero-order chi connectivity index (χ0) is 52.4. The number of unbranched alkanes of at least 4 members (excludes halogenated alkanes) is 32. The van der Waals surface area contributed by atoms with Crippen LogP contribution in [0.2, 0.25) is 0 Å². The number of aliphatic hydroxyl groups excluding tert-OH is 5. The minimum atomic E-state index is -1.57. The number of nitrogens with one attached hydrogen (secondary N) is 1. The first kappa shape index (κ1) is 67.6. The molecule has 7 atom stereocenters. The van der Waals surface area contributed by atoms with Crippen molar-refractivity contribution < 1.29 is 49.3 Å². The molecule has 0 saturated carbocycles. The van der Waals surface area contributed by atoms with Crippen molar-refractivity contribution in [3.05, 3.63) is 48.6 Å². The summed E-state index contributed by atoms with van der Waals surface area (Å²) in [5.41, 5.74) is 0. The largest absolute Gasteiger partial charge is 0.466 e. The highest BCUT2D eigenvalue weighted by atomic mass is 16.7. The summed E-state index contributed by atoms with van der Waals surface area (Å²) in [4.78, 5) is 25.0. The van der Waals surface area contributed by atoms with E-state index < -0.39 is 49.5 Å². The van der Waals surface area contributed by atoms with Gasteiger partial charge in [0.1, 0.15) is 24.4 Å². The van der Waals surface area contributed by atoms with Gasteiger partial charge in [-0.25, -0.2) is 0 Å². The van der Waals surface area contributed by atoms with Gasteiger partial charge >= 0.3 is 5.97 Å². The summed E-state index contributed by atoms with van der Waals surface area (Å²) < 4.78 is 16.6. The average molecular weight is 1020 g/mol. The molecule has 1 fully saturated rings. The third-order valence-electron chi connectivity index (χ3n) is 13.9. The van der Waals surface area contributed by atoms with Gasteiger partial charge in [-0.3, -0.25) is 9.59 Å². The second-order valence-electron chi connectivity index (χ2n) is 20.7. The predicted octanol–water partition coefficient (Wildman–Crippen LogP) is 13.7. The molecular formula is C61H111NO10. The first-order chi connectivity index (χ1) is 35.2. The van der Waals surface area contributed by atoms with Crippen molar-refractivity contribution in [3.8, 4) is 0 Å². The Morgan fingerprint density at radius 2 is 0.931 bits per heavy atom. The Kier molecular flexibility index (Phi) is 47.7. The summed E-state index contributed by atoms with van der Waals surface area (Å²) in [6.45, 7) is 4.26. The Hall–Kier alpha value is -2.38. The molecule has 1 heterocycles. The number of hydrogen-bond acceptors (Lipinski definition) is 10. The van der Waals surface area contributed by atoms with Gasteiger partial charge in [0, 0.05) is 12.8 Å². The van der Waals surface area contributed by atoms with Crippen molar-refractivity contribution in [3.63, 3.8) is 0 Å². The van der Waals surface area contributed by atoms with Crippen LogP contribution in [0.4, 0.5) is 0 Å². The Morgan fingerprint density at radius 3 is 1.42 bits per heavy atom. The molecule has 1 rings (SSSR count). The molecule has 0 spiro atoms. The molecule has 11 heteroatoms. The minimum Gasteiger partial charge on any atom is -0.466 e. The monoisotopic (exact) mass is 1020 g/mol. The van der Waals surface area contributed by atoms with E-state index in [0.29, 0.717) is 19.4 Å². The third kappa shape index (κ3) is 40.0. The van der Waals surface area contributed by atoms with E-state index in [0.717, 1.165) is 89.9 Å². The molecule has 0 radical (unpaired) electrons. The van der Waals surface area contributed by atoms with Gasteiger partial charge in [-0.05, 0) is 89.9 Å². The van der Waals surface area contributed by atoms with E-state index in [4.69, 9.17) is 14.2 Å². The van der Waals surface area contributed by atoms with Gasteiger partial charge in [-0.15, -0.1) is 0 Å². The molecular weight excluding hydrogens is 907 g/mol. The quantitative estimate of drug-likeness (QED) is 0.0149. The van der Waals surface area contributed by atoms with Crippen molar-refractivity contribution in [2.45, 2.75) is 307 Å². The van der Waals surface area contributed by atoms with Crippen LogP contribution in [0.15, 0.2) is 48.6 Å². The number of carbonyl (C=O) groups excluding carboxylic acids is 2. The van der Waals surface area contributed by atoms with E-state index in [1.54, 1.807) is 6.08 Å². The number of allylic oxidation sites excluding steroid dienone is 7. The van der Waals surface area contributed by atoms with E-state index >= 15 is 0 Å². The van der Waals surface area contributed by atoms with Crippen LogP contribution in [0.25, 0.3) is 0 Å². The van der Waals surface area contributed by atoms with Gasteiger partial charge in [-0.1, -0.05) is 210 Å². The fourth-order valence-corrected chi connectivity index (χ4v) is 9.12. The lowest BCUT2D eigenvalue weighted by Crippen LogP contribution is -2.60. The fourth-order valence-electron chi connectivity index (χ4n) is 9.12. The third-order valence-corrected chi connectivity index (χ3v) is 13.9. The summed E-state index contributed by atoms with van der Waals surface area (Å²) in [5, 5.41) is 54.2. The molecule has 1 aliphatic rings. The standard InChI is InChI=1S/C61H111NO10/c1-3-5-7-9-11-13-14-15-16-23-26-29-33-37-41-45-49-57(66)70-50-46-42-38-34-30-27-24-21-19-17-18-20-22-25-28-32-36-40-44-48-56(65)62-53(54(64)47-43-39-35-31-12-10-8-6-4-2)52-71-61-60(69)59(68)58(67)55(51-63)72-61/h16,21,23-24,27,30,43,47,53-55,58-61,63-64,67-69H,3-15,17-20,22,25-26,28-29,31-42,44-46,48-52H2,1-2H3,(H,62,65)/b23-16-,24-21-,30-27-,47-43+. The number of esters is 1. The van der Waals surface area contributed by atoms with E-state index in [1.165, 1.54) is 148 Å². The molecule has 72 heavy (non-hydrogen) atoms. The van der Waals surface area contributed by atoms with Crippen molar-refractivity contribution in [1.82, 2.24) is 5.32 Å². The molecule has 11 nitrogen and oxygen atoms in total. The Labute approximate surface area is 440 Å². The van der Waals surface area contributed by atoms with Crippen molar-refractivity contribution in [1.29, 1.82) is 0 Å². The summed E-state index contributed by atoms with van der Waals surface area (Å²) in [6, 6.07) is -0.817. The topological polar surface area (TPSA) is 175 Å². The lowest BCUT2D eigenvalue weighted by atomic mass is 9.99. The van der Waals surface area contributed by atoms with Crippen LogP contribution < -0.4 is 5.32 Å². The number of ether oxygens (including phenoxy) is 3. The number of aliphatic hydroxyl groups is 5. The summed E-state index contributed by atoms with van der Waals surface area (Å²) in [6.07, 6.45) is 53.6. The highest BCUT2D eigenvalue weighted by molar-refractivity contribution is 5.76. The van der Waals surface area contributed by atoms with Crippen LogP contribution >= 0.6 is 0 Å². The molecule has 0 aromatic heterocycles. The van der Waals surface area contributed by atoms with Crippen molar-refractivity contribution in [2.75, 3.05) is 19.8 Å². The van der Waals surface area contributed by atoms with E-state index in [9.17, 15) is 35.1 Å². The maximum atomic E-state index is 13.0. The lowest BCUT2D eigenvalue weighted by Gasteiger charge is -2.40. The molecule has 0 aromatic carbocycles. The van der Waals surface area contributed by atoms with Crippen LogP contribution in [0.5, 0.6) is 0 Å². The maximum Gasteiger partial charge on any atom is 0.305 e. The Bertz CT molecular complexity index is 1340. The minimum absolute atomic E-state index is 0.0362. The average Bonchev–Trinajstić information content (AvgIpc) is 3.38. The van der Waals surface area contributed by atoms with Crippen LogP contribution in [0, 0.1) is 0 Å². The van der Waals surface area contributed by atoms with Crippen LogP contribution in [-0.4, -0.2) is 100 Å². The zero-order valence-electron chi connectivity index (χ0n) is 46.1. The van der Waals surface area contributed by atoms with Gasteiger partial charge in [0.25, 0.3) is 0 Å². The normalized spacial score (nSPS) is 19.3. The van der Waals surface area contributed by atoms with Gasteiger partial charge in [0.2, 0.25) is 5.91 Å². The van der Waals surface area contributed by atoms with Crippen LogP contribution in [-0.2, 0) is 23.8 Å². The summed E-state index contributed by atoms with van der Waals surface area (Å²) in [5.74, 6) is -0.231. The number of rotatable bonds is 51. The molecule has 0 bridgehead atoms. The van der Waals surface area contributed by atoms with Gasteiger partial charge in [-0.2, -0.15) is 0 Å². The molecule has 1 aliphatic heterocycles. The molecule has 1 saturated heterocycles.